The Hall–Kier alpha value is -1.91. The van der Waals surface area contributed by atoms with Gasteiger partial charge in [-0.3, -0.25) is 9.59 Å². The number of carboxylic acid groups (broad SMARTS) is 1. The summed E-state index contributed by atoms with van der Waals surface area (Å²) in [6.45, 7) is 0.272. The lowest BCUT2D eigenvalue weighted by Crippen LogP contribution is -2.34. The van der Waals surface area contributed by atoms with E-state index >= 15 is 0 Å². The van der Waals surface area contributed by atoms with Crippen LogP contribution in [0.4, 0.5) is 4.39 Å². The molecule has 5 heteroatoms. The molecule has 1 N–H and O–H groups in total. The summed E-state index contributed by atoms with van der Waals surface area (Å²) >= 11 is 0. The van der Waals surface area contributed by atoms with Crippen molar-refractivity contribution < 1.29 is 19.1 Å². The summed E-state index contributed by atoms with van der Waals surface area (Å²) in [4.78, 5) is 23.9. The highest BCUT2D eigenvalue weighted by atomic mass is 19.1. The van der Waals surface area contributed by atoms with Crippen LogP contribution in [-0.2, 0) is 16.1 Å². The number of rotatable bonds is 4. The number of hydrogen-bond acceptors (Lipinski definition) is 2. The number of likely N-dealkylation sites (tertiary alicyclic amines) is 1. The summed E-state index contributed by atoms with van der Waals surface area (Å²) in [5.41, 5.74) is 0.681. The van der Waals surface area contributed by atoms with Crippen molar-refractivity contribution in [1.82, 2.24) is 4.90 Å². The summed E-state index contributed by atoms with van der Waals surface area (Å²) in [6.07, 6.45) is 0.870. The van der Waals surface area contributed by atoms with Crippen LogP contribution in [0.25, 0.3) is 0 Å². The van der Waals surface area contributed by atoms with Gasteiger partial charge in [0.15, 0.2) is 0 Å². The monoisotopic (exact) mass is 251 g/mol. The fourth-order valence-corrected chi connectivity index (χ4v) is 2.26. The standard InChI is InChI=1S/C13H14FNO3/c14-10-3-1-2-9(6-10)8-15-11(7-13(17)18)4-5-12(15)16/h1-3,6,11H,4-5,7-8H2,(H,17,18)/t11-/m0/s1. The molecule has 1 aliphatic heterocycles. The predicted molar refractivity (Wildman–Crippen MR) is 62.2 cm³/mol. The molecule has 4 nitrogen and oxygen atoms in total. The highest BCUT2D eigenvalue weighted by molar-refractivity contribution is 5.80. The van der Waals surface area contributed by atoms with E-state index in [2.05, 4.69) is 0 Å². The molecule has 1 saturated heterocycles. The first-order valence-corrected chi connectivity index (χ1v) is 5.82. The van der Waals surface area contributed by atoms with Gasteiger partial charge in [-0.05, 0) is 24.1 Å². The summed E-state index contributed by atoms with van der Waals surface area (Å²) < 4.78 is 13.0. The van der Waals surface area contributed by atoms with Crippen molar-refractivity contribution in [3.63, 3.8) is 0 Å². The van der Waals surface area contributed by atoms with E-state index in [0.29, 0.717) is 18.4 Å². The lowest BCUT2D eigenvalue weighted by molar-refractivity contribution is -0.139. The van der Waals surface area contributed by atoms with Crippen LogP contribution in [0.2, 0.25) is 0 Å². The van der Waals surface area contributed by atoms with E-state index in [0.717, 1.165) is 0 Å². The Balaban J connectivity index is 2.10. The Morgan fingerprint density at radius 3 is 2.94 bits per heavy atom. The van der Waals surface area contributed by atoms with Crippen LogP contribution in [0.1, 0.15) is 24.8 Å². The Kier molecular flexibility index (Phi) is 3.60. The molecule has 2 rings (SSSR count). The number of nitrogens with zero attached hydrogens (tertiary/aromatic N) is 1. The number of halogens is 1. The maximum absolute atomic E-state index is 13.0. The highest BCUT2D eigenvalue weighted by Gasteiger charge is 2.32. The van der Waals surface area contributed by atoms with E-state index in [4.69, 9.17) is 5.11 Å². The quantitative estimate of drug-likeness (QED) is 0.887. The number of carboxylic acids is 1. The van der Waals surface area contributed by atoms with Gasteiger partial charge in [0.1, 0.15) is 5.82 Å². The van der Waals surface area contributed by atoms with Crippen molar-refractivity contribution in [2.75, 3.05) is 0 Å². The largest absolute Gasteiger partial charge is 0.481 e. The molecule has 18 heavy (non-hydrogen) atoms. The molecule has 0 saturated carbocycles. The van der Waals surface area contributed by atoms with E-state index in [-0.39, 0.29) is 30.7 Å². The first-order valence-electron chi connectivity index (χ1n) is 5.82. The molecule has 0 unspecified atom stereocenters. The van der Waals surface area contributed by atoms with Gasteiger partial charge in [-0.1, -0.05) is 12.1 Å². The number of hydrogen-bond donors (Lipinski definition) is 1. The van der Waals surface area contributed by atoms with Crippen LogP contribution in [0.5, 0.6) is 0 Å². The molecule has 96 valence electrons. The molecule has 0 aliphatic carbocycles. The van der Waals surface area contributed by atoms with Crippen LogP contribution in [0.15, 0.2) is 24.3 Å². The van der Waals surface area contributed by atoms with E-state index in [1.165, 1.54) is 17.0 Å². The minimum atomic E-state index is -0.918. The van der Waals surface area contributed by atoms with Gasteiger partial charge in [0.25, 0.3) is 0 Å². The zero-order valence-electron chi connectivity index (χ0n) is 9.80. The third kappa shape index (κ3) is 2.85. The van der Waals surface area contributed by atoms with Gasteiger partial charge >= 0.3 is 5.97 Å². The summed E-state index contributed by atoms with van der Waals surface area (Å²) in [6, 6.07) is 5.73. The van der Waals surface area contributed by atoms with Crippen LogP contribution >= 0.6 is 0 Å². The summed E-state index contributed by atoms with van der Waals surface area (Å²) in [7, 11) is 0. The molecule has 1 amide bonds. The number of carbonyl (C=O) groups excluding carboxylic acids is 1. The third-order valence-electron chi connectivity index (χ3n) is 3.10. The first kappa shape index (κ1) is 12.5. The lowest BCUT2D eigenvalue weighted by Gasteiger charge is -2.23. The molecular formula is C13H14FNO3. The fourth-order valence-electron chi connectivity index (χ4n) is 2.26. The zero-order valence-corrected chi connectivity index (χ0v) is 9.80. The van der Waals surface area contributed by atoms with Crippen molar-refractivity contribution in [2.45, 2.75) is 31.8 Å². The van der Waals surface area contributed by atoms with Crippen molar-refractivity contribution in [2.24, 2.45) is 0 Å². The molecule has 0 bridgehead atoms. The molecule has 0 aromatic heterocycles. The Morgan fingerprint density at radius 1 is 1.50 bits per heavy atom. The van der Waals surface area contributed by atoms with Crippen LogP contribution < -0.4 is 0 Å². The van der Waals surface area contributed by atoms with Gasteiger partial charge in [0.2, 0.25) is 5.91 Å². The van der Waals surface area contributed by atoms with Gasteiger partial charge in [0.05, 0.1) is 6.42 Å². The van der Waals surface area contributed by atoms with Crippen LogP contribution in [-0.4, -0.2) is 27.9 Å². The normalized spacial score (nSPS) is 19.3. The van der Waals surface area contributed by atoms with Gasteiger partial charge in [0, 0.05) is 19.0 Å². The average molecular weight is 251 g/mol. The molecule has 0 radical (unpaired) electrons. The lowest BCUT2D eigenvalue weighted by atomic mass is 10.1. The SMILES string of the molecule is O=C(O)C[C@@H]1CCC(=O)N1Cc1cccc(F)c1. The predicted octanol–water partition coefficient (Wildman–Crippen LogP) is 1.79. The molecule has 1 aromatic rings. The van der Waals surface area contributed by atoms with E-state index in [9.17, 15) is 14.0 Å². The smallest absolute Gasteiger partial charge is 0.305 e. The number of aliphatic carboxylic acids is 1. The third-order valence-corrected chi connectivity index (χ3v) is 3.10. The van der Waals surface area contributed by atoms with Crippen molar-refractivity contribution >= 4 is 11.9 Å². The fraction of sp³-hybridized carbons (Fsp3) is 0.385. The van der Waals surface area contributed by atoms with Gasteiger partial charge in [-0.25, -0.2) is 4.39 Å². The van der Waals surface area contributed by atoms with E-state index in [1.807, 2.05) is 0 Å². The molecule has 1 atom stereocenters. The van der Waals surface area contributed by atoms with Gasteiger partial charge in [-0.15, -0.1) is 0 Å². The number of benzene rings is 1. The number of carbonyl (C=O) groups is 2. The van der Waals surface area contributed by atoms with Gasteiger partial charge < -0.3 is 10.0 Å². The Morgan fingerprint density at radius 2 is 2.28 bits per heavy atom. The highest BCUT2D eigenvalue weighted by Crippen LogP contribution is 2.23. The average Bonchev–Trinajstić information content (AvgIpc) is 2.61. The molecule has 0 spiro atoms. The maximum atomic E-state index is 13.0. The second-order valence-electron chi connectivity index (χ2n) is 4.44. The second kappa shape index (κ2) is 5.16. The number of amides is 1. The minimum Gasteiger partial charge on any atom is -0.481 e. The maximum Gasteiger partial charge on any atom is 0.305 e. The van der Waals surface area contributed by atoms with Gasteiger partial charge in [-0.2, -0.15) is 0 Å². The Labute approximate surface area is 104 Å². The van der Waals surface area contributed by atoms with Crippen molar-refractivity contribution in [3.8, 4) is 0 Å². The van der Waals surface area contributed by atoms with E-state index in [1.54, 1.807) is 12.1 Å². The summed E-state index contributed by atoms with van der Waals surface area (Å²) in [5.74, 6) is -1.33. The topological polar surface area (TPSA) is 57.6 Å². The minimum absolute atomic E-state index is 0.0545. The molecule has 1 aliphatic rings. The molecule has 1 aromatic carbocycles. The molecular weight excluding hydrogens is 237 g/mol. The second-order valence-corrected chi connectivity index (χ2v) is 4.44. The van der Waals surface area contributed by atoms with Crippen LogP contribution in [0, 0.1) is 5.82 Å². The Bertz CT molecular complexity index is 475. The zero-order chi connectivity index (χ0) is 13.1. The van der Waals surface area contributed by atoms with Crippen LogP contribution in [0.3, 0.4) is 0 Å². The molecule has 1 heterocycles. The molecule has 1 fully saturated rings. The van der Waals surface area contributed by atoms with Crippen molar-refractivity contribution in [1.29, 1.82) is 0 Å². The summed E-state index contributed by atoms with van der Waals surface area (Å²) in [5, 5.41) is 8.79. The van der Waals surface area contributed by atoms with E-state index < -0.39 is 5.97 Å². The van der Waals surface area contributed by atoms with Crippen molar-refractivity contribution in [3.05, 3.63) is 35.6 Å². The first-order chi connectivity index (χ1) is 8.56.